The number of ether oxygens (including phenoxy) is 1. The lowest BCUT2D eigenvalue weighted by atomic mass is 10.3. The molecular weight excluding hydrogens is 256 g/mol. The summed E-state index contributed by atoms with van der Waals surface area (Å²) >= 11 is 0. The number of fused-ring (bicyclic) bond motifs is 1. The Morgan fingerprint density at radius 1 is 1.40 bits per heavy atom. The van der Waals surface area contributed by atoms with Crippen molar-refractivity contribution in [3.05, 3.63) is 29.3 Å². The molecule has 0 aliphatic carbocycles. The minimum Gasteiger partial charge on any atom is -0.389 e. The van der Waals surface area contributed by atoms with Crippen molar-refractivity contribution in [1.29, 1.82) is 0 Å². The summed E-state index contributed by atoms with van der Waals surface area (Å²) in [7, 11) is 3.54. The van der Waals surface area contributed by atoms with Gasteiger partial charge in [-0.15, -0.1) is 0 Å². The SMILES string of the molecule is COCC(O)CN(C)Cc1cn2c(C)cc(C)nc2n1. The van der Waals surface area contributed by atoms with Crippen LogP contribution in [-0.4, -0.2) is 57.8 Å². The van der Waals surface area contributed by atoms with E-state index < -0.39 is 6.10 Å². The maximum Gasteiger partial charge on any atom is 0.234 e. The summed E-state index contributed by atoms with van der Waals surface area (Å²) in [6.45, 7) is 5.57. The third-order valence-corrected chi connectivity index (χ3v) is 3.12. The van der Waals surface area contributed by atoms with Crippen LogP contribution in [0.15, 0.2) is 12.3 Å². The van der Waals surface area contributed by atoms with Crippen LogP contribution in [0.4, 0.5) is 0 Å². The molecule has 1 atom stereocenters. The number of methoxy groups -OCH3 is 1. The van der Waals surface area contributed by atoms with Crippen LogP contribution >= 0.6 is 0 Å². The number of hydrogen-bond donors (Lipinski definition) is 1. The largest absolute Gasteiger partial charge is 0.389 e. The molecule has 0 saturated heterocycles. The van der Waals surface area contributed by atoms with E-state index in [9.17, 15) is 5.11 Å². The van der Waals surface area contributed by atoms with E-state index >= 15 is 0 Å². The highest BCUT2D eigenvalue weighted by Crippen LogP contribution is 2.10. The Hall–Kier alpha value is -1.50. The first-order valence-corrected chi connectivity index (χ1v) is 6.67. The van der Waals surface area contributed by atoms with Gasteiger partial charge in [-0.25, -0.2) is 9.97 Å². The molecule has 6 nitrogen and oxygen atoms in total. The normalized spacial score (nSPS) is 13.3. The standard InChI is InChI=1S/C14H22N4O2/c1-10-5-11(2)18-7-12(16-14(18)15-10)6-17(3)8-13(19)9-20-4/h5,7,13,19H,6,8-9H2,1-4H3. The molecular formula is C14H22N4O2. The summed E-state index contributed by atoms with van der Waals surface area (Å²) in [6.07, 6.45) is 1.51. The number of hydrogen-bond acceptors (Lipinski definition) is 5. The third-order valence-electron chi connectivity index (χ3n) is 3.12. The molecule has 0 fully saturated rings. The van der Waals surface area contributed by atoms with Crippen molar-refractivity contribution < 1.29 is 9.84 Å². The van der Waals surface area contributed by atoms with Crippen molar-refractivity contribution in [3.8, 4) is 0 Å². The predicted octanol–water partition coefficient (Wildman–Crippen LogP) is 0.785. The molecule has 0 aliphatic heterocycles. The molecule has 0 bridgehead atoms. The molecule has 2 heterocycles. The van der Waals surface area contributed by atoms with Gasteiger partial charge in [-0.1, -0.05) is 0 Å². The highest BCUT2D eigenvalue weighted by molar-refractivity contribution is 5.34. The highest BCUT2D eigenvalue weighted by atomic mass is 16.5. The molecule has 20 heavy (non-hydrogen) atoms. The quantitative estimate of drug-likeness (QED) is 0.846. The first kappa shape index (κ1) is 14.9. The summed E-state index contributed by atoms with van der Waals surface area (Å²) in [5.41, 5.74) is 3.03. The first-order valence-electron chi connectivity index (χ1n) is 6.67. The number of aliphatic hydroxyl groups excluding tert-OH is 1. The zero-order chi connectivity index (χ0) is 14.7. The number of likely N-dealkylation sites (N-methyl/N-ethyl adjacent to an activating group) is 1. The highest BCUT2D eigenvalue weighted by Gasteiger charge is 2.11. The molecule has 0 saturated carbocycles. The zero-order valence-corrected chi connectivity index (χ0v) is 12.5. The van der Waals surface area contributed by atoms with Gasteiger partial charge in [0.25, 0.3) is 0 Å². The summed E-state index contributed by atoms with van der Waals surface area (Å²) in [5.74, 6) is 0.725. The van der Waals surface area contributed by atoms with E-state index in [0.29, 0.717) is 19.7 Å². The molecule has 2 rings (SSSR count). The Kier molecular flexibility index (Phi) is 4.69. The van der Waals surface area contributed by atoms with Gasteiger partial charge in [0.05, 0.1) is 18.4 Å². The van der Waals surface area contributed by atoms with Crippen molar-refractivity contribution in [1.82, 2.24) is 19.3 Å². The van der Waals surface area contributed by atoms with Crippen molar-refractivity contribution in [2.45, 2.75) is 26.5 Å². The number of imidazole rings is 1. The molecule has 2 aromatic rings. The van der Waals surface area contributed by atoms with Crippen molar-refractivity contribution >= 4 is 5.78 Å². The monoisotopic (exact) mass is 278 g/mol. The molecule has 0 amide bonds. The molecule has 110 valence electrons. The van der Waals surface area contributed by atoms with Crippen LogP contribution in [-0.2, 0) is 11.3 Å². The van der Waals surface area contributed by atoms with E-state index in [2.05, 4.69) is 9.97 Å². The first-order chi connectivity index (χ1) is 9.49. The minimum absolute atomic E-state index is 0.343. The van der Waals surface area contributed by atoms with Gasteiger partial charge in [-0.3, -0.25) is 9.30 Å². The summed E-state index contributed by atoms with van der Waals surface area (Å²) in [4.78, 5) is 11.0. The Bertz CT molecular complexity index is 582. The average Bonchev–Trinajstić information content (AvgIpc) is 2.71. The van der Waals surface area contributed by atoms with Crippen LogP contribution in [0.2, 0.25) is 0 Å². The fourth-order valence-corrected chi connectivity index (χ4v) is 2.34. The van der Waals surface area contributed by atoms with Gasteiger partial charge in [0.1, 0.15) is 0 Å². The second kappa shape index (κ2) is 6.30. The van der Waals surface area contributed by atoms with Crippen molar-refractivity contribution in [2.24, 2.45) is 0 Å². The summed E-state index contributed by atoms with van der Waals surface area (Å²) in [5, 5.41) is 9.71. The lowest BCUT2D eigenvalue weighted by molar-refractivity contribution is 0.0417. The van der Waals surface area contributed by atoms with Crippen molar-refractivity contribution in [2.75, 3.05) is 27.3 Å². The molecule has 1 N–H and O–H groups in total. The van der Waals surface area contributed by atoms with E-state index in [0.717, 1.165) is 22.9 Å². The number of nitrogens with zero attached hydrogens (tertiary/aromatic N) is 4. The molecule has 1 unspecified atom stereocenters. The summed E-state index contributed by atoms with van der Waals surface area (Å²) in [6, 6.07) is 2.03. The van der Waals surface area contributed by atoms with Crippen LogP contribution < -0.4 is 0 Å². The molecule has 0 aliphatic rings. The topological polar surface area (TPSA) is 62.9 Å². The van der Waals surface area contributed by atoms with Crippen LogP contribution in [0.25, 0.3) is 5.78 Å². The Labute approximate surface area is 119 Å². The second-order valence-corrected chi connectivity index (χ2v) is 5.25. The summed E-state index contributed by atoms with van der Waals surface area (Å²) < 4.78 is 6.91. The number of aryl methyl sites for hydroxylation is 2. The van der Waals surface area contributed by atoms with Gasteiger partial charge in [-0.05, 0) is 27.0 Å². The van der Waals surface area contributed by atoms with E-state index in [1.165, 1.54) is 0 Å². The maximum absolute atomic E-state index is 9.71. The maximum atomic E-state index is 9.71. The van der Waals surface area contributed by atoms with Gasteiger partial charge in [-0.2, -0.15) is 0 Å². The van der Waals surface area contributed by atoms with Gasteiger partial charge < -0.3 is 9.84 Å². The van der Waals surface area contributed by atoms with E-state index in [1.54, 1.807) is 7.11 Å². The minimum atomic E-state index is -0.482. The van der Waals surface area contributed by atoms with Crippen LogP contribution in [0.3, 0.4) is 0 Å². The van der Waals surface area contributed by atoms with E-state index in [4.69, 9.17) is 4.74 Å². The zero-order valence-electron chi connectivity index (χ0n) is 12.5. The van der Waals surface area contributed by atoms with E-state index in [1.807, 2.05) is 42.5 Å². The molecule has 0 aromatic carbocycles. The van der Waals surface area contributed by atoms with Crippen LogP contribution in [0.1, 0.15) is 17.1 Å². The number of rotatable bonds is 6. The predicted molar refractivity (Wildman–Crippen MR) is 76.7 cm³/mol. The molecule has 2 aromatic heterocycles. The molecule has 0 radical (unpaired) electrons. The van der Waals surface area contributed by atoms with E-state index in [-0.39, 0.29) is 0 Å². The van der Waals surface area contributed by atoms with Gasteiger partial charge in [0.2, 0.25) is 5.78 Å². The van der Waals surface area contributed by atoms with Crippen LogP contribution in [0.5, 0.6) is 0 Å². The smallest absolute Gasteiger partial charge is 0.234 e. The fourth-order valence-electron chi connectivity index (χ4n) is 2.34. The molecule has 0 spiro atoms. The fraction of sp³-hybridized carbons (Fsp3) is 0.571. The lowest BCUT2D eigenvalue weighted by Crippen LogP contribution is -2.31. The number of aromatic nitrogens is 3. The molecule has 6 heteroatoms. The van der Waals surface area contributed by atoms with Gasteiger partial charge >= 0.3 is 0 Å². The van der Waals surface area contributed by atoms with Gasteiger partial charge in [0, 0.05) is 37.8 Å². The average molecular weight is 278 g/mol. The number of aliphatic hydroxyl groups is 1. The van der Waals surface area contributed by atoms with Gasteiger partial charge in [0.15, 0.2) is 0 Å². The second-order valence-electron chi connectivity index (χ2n) is 5.25. The third kappa shape index (κ3) is 3.53. The van der Waals surface area contributed by atoms with Crippen LogP contribution in [0, 0.1) is 13.8 Å². The van der Waals surface area contributed by atoms with Crippen molar-refractivity contribution in [3.63, 3.8) is 0 Å². The lowest BCUT2D eigenvalue weighted by Gasteiger charge is -2.18. The Balaban J connectivity index is 2.08. The Morgan fingerprint density at radius 3 is 2.85 bits per heavy atom. The Morgan fingerprint density at radius 2 is 2.15 bits per heavy atom.